The Morgan fingerprint density at radius 2 is 1.07 bits per heavy atom. The van der Waals surface area contributed by atoms with Crippen molar-refractivity contribution < 1.29 is 54.6 Å². The summed E-state index contributed by atoms with van der Waals surface area (Å²) in [5, 5.41) is 18.8. The van der Waals surface area contributed by atoms with Gasteiger partial charge in [0.2, 0.25) is 0 Å². The van der Waals surface area contributed by atoms with Gasteiger partial charge in [0.05, 0.1) is 23.8 Å². The molecule has 0 aromatic heterocycles. The standard InChI is InChI=1S/C17H13NO3S.C13H10F3NO2.C10H13F3OSi/c1-13(12-22(20,21)16-6-4-3-5-7-16)17(19)14-8-10-15(18-2)11-9-14;1-8(7-11(18)13(14,15)16)12(19)9-3-5-10(17-2)6-4-9;1-15(2,9(14)10(11,12)13)8-6-4-3-5-7-8/h3-11H,1,12H2;3-6,11,18H,1,7H2;3-7,9,14H,1-2H3. The largest absolute Gasteiger partial charge is 0.414 e. The van der Waals surface area contributed by atoms with Gasteiger partial charge < -0.3 is 10.2 Å². The van der Waals surface area contributed by atoms with E-state index in [9.17, 15) is 49.5 Å². The van der Waals surface area contributed by atoms with Gasteiger partial charge in [0.1, 0.15) is 13.8 Å². The molecule has 8 nitrogen and oxygen atoms in total. The minimum atomic E-state index is -4.78. The topological polar surface area (TPSA) is 117 Å². The molecule has 2 unspecified atom stereocenters. The van der Waals surface area contributed by atoms with Gasteiger partial charge in [-0.25, -0.2) is 18.1 Å². The van der Waals surface area contributed by atoms with E-state index in [4.69, 9.17) is 18.3 Å². The van der Waals surface area contributed by atoms with Crippen LogP contribution < -0.4 is 5.19 Å². The van der Waals surface area contributed by atoms with Gasteiger partial charge in [-0.05, 0) is 17.7 Å². The van der Waals surface area contributed by atoms with Gasteiger partial charge in [0, 0.05) is 23.1 Å². The van der Waals surface area contributed by atoms with Crippen molar-refractivity contribution in [1.29, 1.82) is 0 Å². The van der Waals surface area contributed by atoms with E-state index in [0.29, 0.717) is 22.1 Å². The number of sulfone groups is 1. The molecule has 0 aliphatic carbocycles. The second-order valence-corrected chi connectivity index (χ2v) is 19.1. The summed E-state index contributed by atoms with van der Waals surface area (Å²) in [7, 11) is -6.48. The van der Waals surface area contributed by atoms with Gasteiger partial charge in [0.15, 0.2) is 38.9 Å². The Balaban J connectivity index is 0.000000296. The lowest BCUT2D eigenvalue weighted by atomic mass is 9.99. The zero-order valence-corrected chi connectivity index (χ0v) is 31.8. The molecule has 0 radical (unpaired) electrons. The summed E-state index contributed by atoms with van der Waals surface area (Å²) in [6, 6.07) is 27.8. The van der Waals surface area contributed by atoms with Crippen LogP contribution in [0, 0.1) is 13.1 Å². The first kappa shape index (κ1) is 46.5. The highest BCUT2D eigenvalue weighted by molar-refractivity contribution is 7.91. The van der Waals surface area contributed by atoms with Gasteiger partial charge in [-0.2, -0.15) is 26.3 Å². The minimum Gasteiger partial charge on any atom is -0.387 e. The van der Waals surface area contributed by atoms with Crippen molar-refractivity contribution in [2.24, 2.45) is 0 Å². The number of halogens is 6. The van der Waals surface area contributed by atoms with Crippen molar-refractivity contribution in [2.75, 3.05) is 5.75 Å². The van der Waals surface area contributed by atoms with E-state index in [1.165, 1.54) is 73.8 Å². The average molecular weight is 815 g/mol. The molecule has 0 saturated heterocycles. The highest BCUT2D eigenvalue weighted by Crippen LogP contribution is 2.28. The SMILES string of the molecule is C[Si](C)(c1ccccc1)C(O)C(F)(F)F.[C-]#[N+]c1ccc(C(=O)C(=C)CC(O)C(F)(F)F)cc1.[C-]#[N+]c1ccc(C(=O)C(=C)CS(=O)(=O)c2ccccc2)cc1. The van der Waals surface area contributed by atoms with E-state index in [1.54, 1.807) is 48.5 Å². The number of aliphatic hydroxyl groups excluding tert-OH is 2. The van der Waals surface area contributed by atoms with E-state index >= 15 is 0 Å². The lowest BCUT2D eigenvalue weighted by molar-refractivity contribution is -0.202. The van der Waals surface area contributed by atoms with Gasteiger partial charge in [0.25, 0.3) is 0 Å². The number of hydrogen-bond acceptors (Lipinski definition) is 6. The molecule has 4 rings (SSSR count). The number of aliphatic hydroxyl groups is 2. The third-order valence-electron chi connectivity index (χ3n) is 7.96. The van der Waals surface area contributed by atoms with Crippen molar-refractivity contribution in [3.63, 3.8) is 0 Å². The van der Waals surface area contributed by atoms with Crippen LogP contribution in [-0.2, 0) is 9.84 Å². The quantitative estimate of drug-likeness (QED) is 0.0514. The third-order valence-corrected chi connectivity index (χ3v) is 13.2. The van der Waals surface area contributed by atoms with Crippen molar-refractivity contribution in [2.45, 2.75) is 48.6 Å². The molecular weight excluding hydrogens is 779 g/mol. The zero-order chi connectivity index (χ0) is 42.5. The Hall–Kier alpha value is -5.65. The first-order valence-electron chi connectivity index (χ1n) is 16.2. The first-order valence-corrected chi connectivity index (χ1v) is 20.9. The molecule has 0 heterocycles. The van der Waals surface area contributed by atoms with E-state index < -0.39 is 65.8 Å². The van der Waals surface area contributed by atoms with Gasteiger partial charge in [-0.3, -0.25) is 9.59 Å². The Morgan fingerprint density at radius 1 is 0.679 bits per heavy atom. The summed E-state index contributed by atoms with van der Waals surface area (Å²) >= 11 is 0. The fraction of sp³-hybridized carbons (Fsp3) is 0.200. The van der Waals surface area contributed by atoms with Crippen molar-refractivity contribution in [1.82, 2.24) is 0 Å². The molecule has 4 aromatic carbocycles. The highest BCUT2D eigenvalue weighted by Gasteiger charge is 2.49. The summed E-state index contributed by atoms with van der Waals surface area (Å²) in [6.07, 6.45) is -12.8. The number of ketones is 2. The Morgan fingerprint density at radius 3 is 1.45 bits per heavy atom. The lowest BCUT2D eigenvalue weighted by Gasteiger charge is -2.30. The smallest absolute Gasteiger partial charge is 0.387 e. The zero-order valence-electron chi connectivity index (χ0n) is 30.0. The molecule has 0 amide bonds. The third kappa shape index (κ3) is 13.6. The summed E-state index contributed by atoms with van der Waals surface area (Å²) in [5.41, 5.74) is -1.36. The van der Waals surface area contributed by atoms with Crippen LogP contribution in [-0.4, -0.2) is 68.2 Å². The average Bonchev–Trinajstić information content (AvgIpc) is 3.17. The number of carbonyl (C=O) groups excluding carboxylic acids is 2. The van der Waals surface area contributed by atoms with E-state index in [-0.39, 0.29) is 21.6 Å². The molecule has 0 aliphatic rings. The number of alkyl halides is 6. The van der Waals surface area contributed by atoms with Crippen molar-refractivity contribution >= 4 is 46.0 Å². The monoisotopic (exact) mass is 814 g/mol. The van der Waals surface area contributed by atoms with E-state index in [1.807, 2.05) is 0 Å². The maximum atomic E-state index is 12.4. The fourth-order valence-corrected chi connectivity index (χ4v) is 8.18. The molecule has 0 aliphatic heterocycles. The van der Waals surface area contributed by atoms with Crippen LogP contribution in [0.15, 0.2) is 138 Å². The molecule has 56 heavy (non-hydrogen) atoms. The highest BCUT2D eigenvalue weighted by atomic mass is 32.2. The van der Waals surface area contributed by atoms with Gasteiger partial charge >= 0.3 is 12.4 Å². The molecule has 16 heteroatoms. The molecule has 0 fully saturated rings. The summed E-state index contributed by atoms with van der Waals surface area (Å²) in [4.78, 5) is 30.5. The number of rotatable bonds is 11. The van der Waals surface area contributed by atoms with Crippen molar-refractivity contribution in [3.8, 4) is 0 Å². The van der Waals surface area contributed by atoms with Gasteiger partial charge in [-0.15, -0.1) is 0 Å². The Bertz CT molecular complexity index is 2180. The molecule has 4 aromatic rings. The van der Waals surface area contributed by atoms with Crippen LogP contribution in [0.5, 0.6) is 0 Å². The number of Topliss-reactive ketones (excluding diaryl/α,β-unsaturated/α-hetero) is 2. The fourth-order valence-electron chi connectivity index (χ4n) is 4.67. The number of benzene rings is 4. The van der Waals surface area contributed by atoms with Crippen LogP contribution in [0.3, 0.4) is 0 Å². The molecule has 0 bridgehead atoms. The Kier molecular flexibility index (Phi) is 16.4. The van der Waals surface area contributed by atoms with Crippen LogP contribution in [0.2, 0.25) is 13.1 Å². The predicted molar refractivity (Wildman–Crippen MR) is 203 cm³/mol. The molecule has 2 N–H and O–H groups in total. The molecule has 0 spiro atoms. The summed E-state index contributed by atoms with van der Waals surface area (Å²) in [5.74, 6) is -1.55. The minimum absolute atomic E-state index is 0.000541. The van der Waals surface area contributed by atoms with Crippen LogP contribution in [0.25, 0.3) is 9.69 Å². The molecule has 0 saturated carbocycles. The van der Waals surface area contributed by atoms with Crippen LogP contribution in [0.4, 0.5) is 37.7 Å². The van der Waals surface area contributed by atoms with E-state index in [0.717, 1.165) is 0 Å². The number of carbonyl (C=O) groups is 2. The predicted octanol–water partition coefficient (Wildman–Crippen LogP) is 8.80. The molecule has 2 atom stereocenters. The summed E-state index contributed by atoms with van der Waals surface area (Å²) < 4.78 is 98.1. The maximum absolute atomic E-state index is 12.4. The normalized spacial score (nSPS) is 12.5. The molecule has 294 valence electrons. The first-order chi connectivity index (χ1) is 25.9. The Labute approximate surface area is 321 Å². The second kappa shape index (κ2) is 19.8. The van der Waals surface area contributed by atoms with Gasteiger partial charge in [-0.1, -0.05) is 129 Å². The molecular formula is C40H36F6N2O6SSi. The summed E-state index contributed by atoms with van der Waals surface area (Å²) in [6.45, 7) is 23.5. The van der Waals surface area contributed by atoms with Crippen molar-refractivity contribution in [3.05, 3.63) is 167 Å². The van der Waals surface area contributed by atoms with E-state index in [2.05, 4.69) is 22.8 Å². The van der Waals surface area contributed by atoms with Crippen LogP contribution >= 0.6 is 0 Å². The second-order valence-electron chi connectivity index (χ2n) is 12.5. The number of nitrogens with zero attached hydrogens (tertiary/aromatic N) is 2. The van der Waals surface area contributed by atoms with Crippen LogP contribution in [0.1, 0.15) is 27.1 Å². The lowest BCUT2D eigenvalue weighted by Crippen LogP contribution is -2.58. The number of hydrogen-bond donors (Lipinski definition) is 2. The maximum Gasteiger partial charge on any atom is 0.414 e.